The zero-order valence-corrected chi connectivity index (χ0v) is 17.7. The molecule has 1 aliphatic rings. The summed E-state index contributed by atoms with van der Waals surface area (Å²) in [5.74, 6) is 0.981. The van der Waals surface area contributed by atoms with Gasteiger partial charge in [0.2, 0.25) is 5.91 Å². The number of amides is 1. The second kappa shape index (κ2) is 10.8. The maximum absolute atomic E-state index is 12.3. The Balaban J connectivity index is 1.44. The summed E-state index contributed by atoms with van der Waals surface area (Å²) < 4.78 is 9.89. The molecule has 1 aliphatic heterocycles. The molecular formula is C24H30N2O4. The number of likely N-dealkylation sites (tertiary alicyclic amines) is 1. The lowest BCUT2D eigenvalue weighted by atomic mass is 9.97. The van der Waals surface area contributed by atoms with Crippen molar-refractivity contribution in [1.82, 2.24) is 10.2 Å². The fourth-order valence-corrected chi connectivity index (χ4v) is 3.83. The number of carbonyl (C=O) groups is 2. The molecule has 160 valence electrons. The van der Waals surface area contributed by atoms with Crippen molar-refractivity contribution in [2.24, 2.45) is 5.92 Å². The van der Waals surface area contributed by atoms with E-state index in [1.165, 1.54) is 12.7 Å². The van der Waals surface area contributed by atoms with E-state index in [2.05, 4.69) is 10.2 Å². The molecular weight excluding hydrogens is 380 g/mol. The smallest absolute Gasteiger partial charge is 0.337 e. The summed E-state index contributed by atoms with van der Waals surface area (Å²) in [7, 11) is 3.02. The number of benzene rings is 2. The highest BCUT2D eigenvalue weighted by atomic mass is 16.5. The van der Waals surface area contributed by atoms with E-state index in [1.807, 2.05) is 48.5 Å². The summed E-state index contributed by atoms with van der Waals surface area (Å²) in [5, 5.41) is 3.09. The van der Waals surface area contributed by atoms with Crippen LogP contribution in [0.5, 0.6) is 5.75 Å². The number of carbonyl (C=O) groups excluding carboxylic acids is 2. The van der Waals surface area contributed by atoms with Gasteiger partial charge < -0.3 is 14.8 Å². The first-order chi connectivity index (χ1) is 14.6. The summed E-state index contributed by atoms with van der Waals surface area (Å²) in [6.45, 7) is 3.56. The van der Waals surface area contributed by atoms with Crippen LogP contribution in [0.4, 0.5) is 0 Å². The van der Waals surface area contributed by atoms with E-state index in [0.717, 1.165) is 43.8 Å². The second-order valence-corrected chi connectivity index (χ2v) is 7.76. The third-order valence-corrected chi connectivity index (χ3v) is 5.50. The molecule has 1 amide bonds. The largest absolute Gasteiger partial charge is 0.497 e. The third-order valence-electron chi connectivity index (χ3n) is 5.50. The first kappa shape index (κ1) is 21.8. The van der Waals surface area contributed by atoms with Crippen LogP contribution in [0, 0.1) is 5.92 Å². The molecule has 1 N–H and O–H groups in total. The first-order valence-corrected chi connectivity index (χ1v) is 10.4. The highest BCUT2D eigenvalue weighted by Crippen LogP contribution is 2.19. The number of nitrogens with one attached hydrogen (secondary N) is 1. The maximum atomic E-state index is 12.3. The Labute approximate surface area is 178 Å². The lowest BCUT2D eigenvalue weighted by Gasteiger charge is -2.32. The van der Waals surface area contributed by atoms with E-state index in [1.54, 1.807) is 7.11 Å². The number of methoxy groups -OCH3 is 2. The summed E-state index contributed by atoms with van der Waals surface area (Å²) in [5.41, 5.74) is 2.72. The predicted molar refractivity (Wildman–Crippen MR) is 115 cm³/mol. The topological polar surface area (TPSA) is 67.9 Å². The molecule has 30 heavy (non-hydrogen) atoms. The Hall–Kier alpha value is -2.86. The highest BCUT2D eigenvalue weighted by molar-refractivity contribution is 5.89. The van der Waals surface area contributed by atoms with Crippen molar-refractivity contribution < 1.29 is 19.1 Å². The molecule has 6 heteroatoms. The Morgan fingerprint density at radius 3 is 2.40 bits per heavy atom. The minimum absolute atomic E-state index is 0.0516. The summed E-state index contributed by atoms with van der Waals surface area (Å²) >= 11 is 0. The SMILES string of the molecule is COC(=O)c1ccc(CN2CCC[C@H](CNC(=O)Cc3ccc(OC)cc3)C2)cc1. The van der Waals surface area contributed by atoms with Crippen LogP contribution in [0.1, 0.15) is 34.3 Å². The molecule has 1 saturated heterocycles. The molecule has 0 aromatic heterocycles. The molecule has 1 heterocycles. The average molecular weight is 411 g/mol. The minimum Gasteiger partial charge on any atom is -0.497 e. The number of hydrogen-bond acceptors (Lipinski definition) is 5. The maximum Gasteiger partial charge on any atom is 0.337 e. The number of piperidine rings is 1. The van der Waals surface area contributed by atoms with Crippen LogP contribution in [-0.4, -0.2) is 50.6 Å². The number of rotatable bonds is 8. The van der Waals surface area contributed by atoms with Gasteiger partial charge in [0.05, 0.1) is 26.2 Å². The van der Waals surface area contributed by atoms with Crippen LogP contribution in [0.2, 0.25) is 0 Å². The van der Waals surface area contributed by atoms with Crippen molar-refractivity contribution >= 4 is 11.9 Å². The van der Waals surface area contributed by atoms with Gasteiger partial charge in [-0.2, -0.15) is 0 Å². The van der Waals surface area contributed by atoms with Crippen LogP contribution in [-0.2, 0) is 22.5 Å². The van der Waals surface area contributed by atoms with Crippen molar-refractivity contribution in [2.45, 2.75) is 25.8 Å². The molecule has 2 aromatic rings. The molecule has 1 fully saturated rings. The lowest BCUT2D eigenvalue weighted by Crippen LogP contribution is -2.40. The van der Waals surface area contributed by atoms with Gasteiger partial charge in [0.1, 0.15) is 5.75 Å². The van der Waals surface area contributed by atoms with E-state index in [-0.39, 0.29) is 11.9 Å². The Morgan fingerprint density at radius 2 is 1.73 bits per heavy atom. The van der Waals surface area contributed by atoms with Gasteiger partial charge in [0.15, 0.2) is 0 Å². The second-order valence-electron chi connectivity index (χ2n) is 7.76. The molecule has 0 aliphatic carbocycles. The fourth-order valence-electron chi connectivity index (χ4n) is 3.83. The summed E-state index contributed by atoms with van der Waals surface area (Å²) in [6.07, 6.45) is 2.63. The van der Waals surface area contributed by atoms with Gasteiger partial charge in [-0.15, -0.1) is 0 Å². The van der Waals surface area contributed by atoms with E-state index in [9.17, 15) is 9.59 Å². The molecule has 1 atom stereocenters. The van der Waals surface area contributed by atoms with E-state index >= 15 is 0 Å². The van der Waals surface area contributed by atoms with E-state index in [4.69, 9.17) is 9.47 Å². The average Bonchev–Trinajstić information content (AvgIpc) is 2.78. The van der Waals surface area contributed by atoms with Gasteiger partial charge in [0, 0.05) is 19.6 Å². The molecule has 0 radical (unpaired) electrons. The van der Waals surface area contributed by atoms with Gasteiger partial charge in [-0.25, -0.2) is 4.79 Å². The standard InChI is InChI=1S/C24H30N2O4/c1-29-22-11-7-18(8-12-22)14-23(27)25-15-20-4-3-13-26(17-20)16-19-5-9-21(10-6-19)24(28)30-2/h5-12,20H,3-4,13-17H2,1-2H3,(H,25,27)/t20-/m1/s1. The predicted octanol–water partition coefficient (Wildman–Crippen LogP) is 3.05. The van der Waals surface area contributed by atoms with E-state index < -0.39 is 0 Å². The monoisotopic (exact) mass is 410 g/mol. The minimum atomic E-state index is -0.315. The number of ether oxygens (including phenoxy) is 2. The number of hydrogen-bond donors (Lipinski definition) is 1. The third kappa shape index (κ3) is 6.32. The van der Waals surface area contributed by atoms with Crippen molar-refractivity contribution in [1.29, 1.82) is 0 Å². The Morgan fingerprint density at radius 1 is 1.03 bits per heavy atom. The van der Waals surface area contributed by atoms with Gasteiger partial charge in [0.25, 0.3) is 0 Å². The van der Waals surface area contributed by atoms with Gasteiger partial charge in [-0.3, -0.25) is 9.69 Å². The van der Waals surface area contributed by atoms with Crippen molar-refractivity contribution in [3.8, 4) is 5.75 Å². The highest BCUT2D eigenvalue weighted by Gasteiger charge is 2.20. The van der Waals surface area contributed by atoms with Crippen LogP contribution < -0.4 is 10.1 Å². The molecule has 0 spiro atoms. The number of nitrogens with zero attached hydrogens (tertiary/aromatic N) is 1. The quantitative estimate of drug-likeness (QED) is 0.678. The lowest BCUT2D eigenvalue weighted by molar-refractivity contribution is -0.120. The number of esters is 1. The fraction of sp³-hybridized carbons (Fsp3) is 0.417. The molecule has 0 unspecified atom stereocenters. The summed E-state index contributed by atoms with van der Waals surface area (Å²) in [4.78, 5) is 26.3. The van der Waals surface area contributed by atoms with Gasteiger partial charge in [-0.05, 0) is 60.7 Å². The van der Waals surface area contributed by atoms with Crippen molar-refractivity contribution in [3.05, 3.63) is 65.2 Å². The molecule has 2 aromatic carbocycles. The Kier molecular flexibility index (Phi) is 7.85. The van der Waals surface area contributed by atoms with Gasteiger partial charge >= 0.3 is 5.97 Å². The molecule has 0 saturated carbocycles. The first-order valence-electron chi connectivity index (χ1n) is 10.4. The molecule has 6 nitrogen and oxygen atoms in total. The molecule has 3 rings (SSSR count). The van der Waals surface area contributed by atoms with Crippen LogP contribution in [0.3, 0.4) is 0 Å². The molecule has 0 bridgehead atoms. The van der Waals surface area contributed by atoms with Crippen molar-refractivity contribution in [2.75, 3.05) is 33.9 Å². The Bertz CT molecular complexity index is 833. The zero-order chi connectivity index (χ0) is 21.3. The zero-order valence-electron chi connectivity index (χ0n) is 17.7. The van der Waals surface area contributed by atoms with Crippen LogP contribution in [0.15, 0.2) is 48.5 Å². The normalized spacial score (nSPS) is 16.7. The van der Waals surface area contributed by atoms with Crippen LogP contribution >= 0.6 is 0 Å². The van der Waals surface area contributed by atoms with E-state index in [0.29, 0.717) is 24.4 Å². The van der Waals surface area contributed by atoms with Crippen LogP contribution in [0.25, 0.3) is 0 Å². The van der Waals surface area contributed by atoms with Gasteiger partial charge in [-0.1, -0.05) is 24.3 Å². The van der Waals surface area contributed by atoms with Crippen molar-refractivity contribution in [3.63, 3.8) is 0 Å². The summed E-state index contributed by atoms with van der Waals surface area (Å²) in [6, 6.07) is 15.2.